The highest BCUT2D eigenvalue weighted by Gasteiger charge is 2.38. The predicted octanol–water partition coefficient (Wildman–Crippen LogP) is 3.86. The van der Waals surface area contributed by atoms with Crippen LogP contribution in [0.25, 0.3) is 0 Å². The second-order valence-corrected chi connectivity index (χ2v) is 7.01. The summed E-state index contributed by atoms with van der Waals surface area (Å²) in [6, 6.07) is 17.0. The van der Waals surface area contributed by atoms with Crippen LogP contribution in [0, 0.1) is 0 Å². The minimum absolute atomic E-state index is 0.0727. The van der Waals surface area contributed by atoms with Gasteiger partial charge in [-0.05, 0) is 35.6 Å². The summed E-state index contributed by atoms with van der Waals surface area (Å²) in [5, 5.41) is -0.219. The standard InChI is InChI=1S/C19H19NO3S/c1-2-24-17-12-18(21)20(19(17)22)13-14-8-10-16(11-9-14)23-15-6-4-3-5-7-15/h3-11,17H,2,12-13H2,1H3. The number of ether oxygens (including phenoxy) is 1. The molecule has 2 aromatic carbocycles. The van der Waals surface area contributed by atoms with Gasteiger partial charge in [-0.2, -0.15) is 0 Å². The Bertz CT molecular complexity index is 715. The number of benzene rings is 2. The van der Waals surface area contributed by atoms with Crippen LogP contribution in [0.4, 0.5) is 0 Å². The molecule has 0 N–H and O–H groups in total. The molecule has 5 heteroatoms. The third-order valence-corrected chi connectivity index (χ3v) is 4.92. The molecule has 2 aromatic rings. The van der Waals surface area contributed by atoms with Gasteiger partial charge < -0.3 is 4.74 Å². The molecule has 1 atom stereocenters. The third-order valence-electron chi connectivity index (χ3n) is 3.81. The first kappa shape index (κ1) is 16.6. The number of para-hydroxylation sites is 1. The minimum Gasteiger partial charge on any atom is -0.457 e. The highest BCUT2D eigenvalue weighted by Crippen LogP contribution is 2.27. The largest absolute Gasteiger partial charge is 0.457 e. The monoisotopic (exact) mass is 341 g/mol. The summed E-state index contributed by atoms with van der Waals surface area (Å²) in [5.41, 5.74) is 0.916. The Balaban J connectivity index is 1.64. The van der Waals surface area contributed by atoms with Gasteiger partial charge in [0.25, 0.3) is 0 Å². The molecule has 124 valence electrons. The van der Waals surface area contributed by atoms with Gasteiger partial charge in [0.15, 0.2) is 0 Å². The average molecular weight is 341 g/mol. The number of carbonyl (C=O) groups is 2. The second kappa shape index (κ2) is 7.53. The highest BCUT2D eigenvalue weighted by molar-refractivity contribution is 8.00. The van der Waals surface area contributed by atoms with Gasteiger partial charge in [0.1, 0.15) is 11.5 Å². The van der Waals surface area contributed by atoms with E-state index in [1.54, 1.807) is 0 Å². The van der Waals surface area contributed by atoms with Crippen molar-refractivity contribution in [1.29, 1.82) is 0 Å². The second-order valence-electron chi connectivity index (χ2n) is 5.53. The predicted molar refractivity (Wildman–Crippen MR) is 95.1 cm³/mol. The zero-order valence-corrected chi connectivity index (χ0v) is 14.3. The van der Waals surface area contributed by atoms with Crippen LogP contribution in [0.15, 0.2) is 54.6 Å². The lowest BCUT2D eigenvalue weighted by molar-refractivity contribution is -0.138. The van der Waals surface area contributed by atoms with E-state index in [0.29, 0.717) is 13.0 Å². The number of amides is 2. The summed E-state index contributed by atoms with van der Waals surface area (Å²) in [6.07, 6.45) is 0.312. The van der Waals surface area contributed by atoms with E-state index in [1.165, 1.54) is 16.7 Å². The van der Waals surface area contributed by atoms with E-state index in [4.69, 9.17) is 4.74 Å². The van der Waals surface area contributed by atoms with Gasteiger partial charge in [-0.15, -0.1) is 11.8 Å². The quantitative estimate of drug-likeness (QED) is 0.749. The Labute approximate surface area is 145 Å². The van der Waals surface area contributed by atoms with Crippen LogP contribution in [0.1, 0.15) is 18.9 Å². The van der Waals surface area contributed by atoms with Crippen molar-refractivity contribution in [3.8, 4) is 11.5 Å². The molecule has 0 aromatic heterocycles. The van der Waals surface area contributed by atoms with E-state index >= 15 is 0 Å². The molecule has 1 aliphatic heterocycles. The lowest BCUT2D eigenvalue weighted by Gasteiger charge is -2.15. The average Bonchev–Trinajstić information content (AvgIpc) is 2.85. The Morgan fingerprint density at radius 2 is 1.71 bits per heavy atom. The molecule has 0 radical (unpaired) electrons. The Morgan fingerprint density at radius 1 is 1.04 bits per heavy atom. The fourth-order valence-corrected chi connectivity index (χ4v) is 3.55. The van der Waals surface area contributed by atoms with E-state index in [-0.39, 0.29) is 17.1 Å². The molecular formula is C19H19NO3S. The van der Waals surface area contributed by atoms with Crippen molar-refractivity contribution in [3.05, 3.63) is 60.2 Å². The van der Waals surface area contributed by atoms with Gasteiger partial charge in [-0.25, -0.2) is 0 Å². The molecule has 4 nitrogen and oxygen atoms in total. The molecule has 1 fully saturated rings. The zero-order chi connectivity index (χ0) is 16.9. The Morgan fingerprint density at radius 3 is 2.38 bits per heavy atom. The van der Waals surface area contributed by atoms with Crippen molar-refractivity contribution in [1.82, 2.24) is 4.90 Å². The Kier molecular flexibility index (Phi) is 5.20. The third kappa shape index (κ3) is 3.79. The van der Waals surface area contributed by atoms with Gasteiger partial charge in [0, 0.05) is 6.42 Å². The van der Waals surface area contributed by atoms with Gasteiger partial charge in [0.2, 0.25) is 11.8 Å². The zero-order valence-electron chi connectivity index (χ0n) is 13.5. The SMILES string of the molecule is CCSC1CC(=O)N(Cc2ccc(Oc3ccccc3)cc2)C1=O. The number of likely N-dealkylation sites (tertiary alicyclic amines) is 1. The smallest absolute Gasteiger partial charge is 0.243 e. The van der Waals surface area contributed by atoms with Gasteiger partial charge in [0.05, 0.1) is 11.8 Å². The molecule has 1 saturated heterocycles. The Hall–Kier alpha value is -2.27. The minimum atomic E-state index is -0.219. The molecule has 2 amide bonds. The van der Waals surface area contributed by atoms with Crippen LogP contribution < -0.4 is 4.74 Å². The number of hydrogen-bond donors (Lipinski definition) is 0. The van der Waals surface area contributed by atoms with E-state index < -0.39 is 0 Å². The molecular weight excluding hydrogens is 322 g/mol. The van der Waals surface area contributed by atoms with Crippen LogP contribution >= 0.6 is 11.8 Å². The van der Waals surface area contributed by atoms with Crippen molar-refractivity contribution in [3.63, 3.8) is 0 Å². The molecule has 1 heterocycles. The molecule has 3 rings (SSSR count). The van der Waals surface area contributed by atoms with Gasteiger partial charge >= 0.3 is 0 Å². The maximum atomic E-state index is 12.3. The molecule has 0 spiro atoms. The number of rotatable bonds is 6. The maximum absolute atomic E-state index is 12.3. The summed E-state index contributed by atoms with van der Waals surface area (Å²) in [7, 11) is 0. The first-order chi connectivity index (χ1) is 11.7. The summed E-state index contributed by atoms with van der Waals surface area (Å²) in [6.45, 7) is 2.32. The van der Waals surface area contributed by atoms with Crippen LogP contribution in [-0.2, 0) is 16.1 Å². The number of imide groups is 1. The fourth-order valence-electron chi connectivity index (χ4n) is 2.62. The van der Waals surface area contributed by atoms with Crippen LogP contribution in [0.2, 0.25) is 0 Å². The van der Waals surface area contributed by atoms with E-state index in [2.05, 4.69) is 0 Å². The van der Waals surface area contributed by atoms with E-state index in [0.717, 1.165) is 22.8 Å². The topological polar surface area (TPSA) is 46.6 Å². The molecule has 1 aliphatic rings. The summed E-state index contributed by atoms with van der Waals surface area (Å²) < 4.78 is 5.74. The lowest BCUT2D eigenvalue weighted by atomic mass is 10.2. The highest BCUT2D eigenvalue weighted by atomic mass is 32.2. The van der Waals surface area contributed by atoms with Gasteiger partial charge in [-0.1, -0.05) is 37.3 Å². The lowest BCUT2D eigenvalue weighted by Crippen LogP contribution is -2.30. The number of hydrogen-bond acceptors (Lipinski definition) is 4. The summed E-state index contributed by atoms with van der Waals surface area (Å²) in [5.74, 6) is 2.17. The molecule has 0 saturated carbocycles. The van der Waals surface area contributed by atoms with Crippen molar-refractivity contribution >= 4 is 23.6 Å². The van der Waals surface area contributed by atoms with Crippen LogP contribution in [0.3, 0.4) is 0 Å². The summed E-state index contributed by atoms with van der Waals surface area (Å²) >= 11 is 1.54. The first-order valence-corrected chi connectivity index (χ1v) is 9.00. The van der Waals surface area contributed by atoms with E-state index in [9.17, 15) is 9.59 Å². The first-order valence-electron chi connectivity index (χ1n) is 7.95. The maximum Gasteiger partial charge on any atom is 0.243 e. The normalized spacial score (nSPS) is 17.4. The molecule has 0 bridgehead atoms. The number of thioether (sulfide) groups is 1. The van der Waals surface area contributed by atoms with Crippen molar-refractivity contribution in [2.75, 3.05) is 5.75 Å². The van der Waals surface area contributed by atoms with Crippen molar-refractivity contribution < 1.29 is 14.3 Å². The van der Waals surface area contributed by atoms with Crippen LogP contribution in [-0.4, -0.2) is 27.7 Å². The number of carbonyl (C=O) groups excluding carboxylic acids is 2. The van der Waals surface area contributed by atoms with Gasteiger partial charge in [-0.3, -0.25) is 14.5 Å². The van der Waals surface area contributed by atoms with Crippen molar-refractivity contribution in [2.45, 2.75) is 25.1 Å². The summed E-state index contributed by atoms with van der Waals surface area (Å²) in [4.78, 5) is 25.7. The van der Waals surface area contributed by atoms with Crippen molar-refractivity contribution in [2.24, 2.45) is 0 Å². The number of nitrogens with zero attached hydrogens (tertiary/aromatic N) is 1. The fraction of sp³-hybridized carbons (Fsp3) is 0.263. The molecule has 24 heavy (non-hydrogen) atoms. The van der Waals surface area contributed by atoms with E-state index in [1.807, 2.05) is 61.5 Å². The van der Waals surface area contributed by atoms with Crippen LogP contribution in [0.5, 0.6) is 11.5 Å². The molecule has 0 aliphatic carbocycles. The molecule has 1 unspecified atom stereocenters.